The van der Waals surface area contributed by atoms with Crippen LogP contribution in [0.2, 0.25) is 0 Å². The van der Waals surface area contributed by atoms with E-state index in [9.17, 15) is 5.11 Å². The molecule has 15 heavy (non-hydrogen) atoms. The van der Waals surface area contributed by atoms with Gasteiger partial charge in [0, 0.05) is 6.04 Å². The van der Waals surface area contributed by atoms with Crippen molar-refractivity contribution in [2.24, 2.45) is 5.73 Å². The highest BCUT2D eigenvalue weighted by Crippen LogP contribution is 2.40. The number of rotatable bonds is 3. The maximum atomic E-state index is 10.3. The zero-order valence-electron chi connectivity index (χ0n) is 9.24. The van der Waals surface area contributed by atoms with Crippen LogP contribution < -0.4 is 5.73 Å². The molecule has 2 rings (SSSR count). The number of benzene rings is 1. The molecule has 1 aromatic rings. The largest absolute Gasteiger partial charge is 0.385 e. The fraction of sp³-hybridized carbons (Fsp3) is 0.538. The van der Waals surface area contributed by atoms with Crippen molar-refractivity contribution in [1.29, 1.82) is 0 Å². The fourth-order valence-electron chi connectivity index (χ4n) is 2.35. The predicted molar refractivity (Wildman–Crippen MR) is 61.5 cm³/mol. The molecular formula is C13H19NO. The Bertz CT molecular complexity index is 342. The van der Waals surface area contributed by atoms with Gasteiger partial charge in [0.1, 0.15) is 0 Å². The molecule has 2 nitrogen and oxygen atoms in total. The van der Waals surface area contributed by atoms with Gasteiger partial charge in [-0.15, -0.1) is 0 Å². The van der Waals surface area contributed by atoms with Gasteiger partial charge in [0.15, 0.2) is 0 Å². The molecule has 1 aliphatic carbocycles. The molecule has 1 saturated carbocycles. The average Bonchev–Trinajstić information content (AvgIpc) is 2.17. The second-order valence-corrected chi connectivity index (χ2v) is 4.65. The van der Waals surface area contributed by atoms with Gasteiger partial charge in [0.05, 0.1) is 5.60 Å². The summed E-state index contributed by atoms with van der Waals surface area (Å²) < 4.78 is 0. The van der Waals surface area contributed by atoms with Gasteiger partial charge in [-0.25, -0.2) is 0 Å². The summed E-state index contributed by atoms with van der Waals surface area (Å²) in [7, 11) is 0. The zero-order valence-corrected chi connectivity index (χ0v) is 9.24. The van der Waals surface area contributed by atoms with E-state index in [0.717, 1.165) is 18.4 Å². The first kappa shape index (κ1) is 10.7. The van der Waals surface area contributed by atoms with E-state index in [1.165, 1.54) is 5.56 Å². The van der Waals surface area contributed by atoms with Gasteiger partial charge in [-0.1, -0.05) is 37.6 Å². The number of hydrogen-bond donors (Lipinski definition) is 2. The van der Waals surface area contributed by atoms with Gasteiger partial charge >= 0.3 is 0 Å². The van der Waals surface area contributed by atoms with Crippen LogP contribution in [0.25, 0.3) is 0 Å². The molecule has 2 heteroatoms. The molecule has 0 aromatic heterocycles. The minimum absolute atomic E-state index is 0.171. The minimum atomic E-state index is -0.650. The summed E-state index contributed by atoms with van der Waals surface area (Å²) in [6.07, 6.45) is 3.61. The highest BCUT2D eigenvalue weighted by molar-refractivity contribution is 5.30. The first-order chi connectivity index (χ1) is 7.14. The SMILES string of the molecule is CCCc1cccc(C2(O)CC(N)C2)c1. The lowest BCUT2D eigenvalue weighted by Gasteiger charge is -2.42. The van der Waals surface area contributed by atoms with Crippen molar-refractivity contribution in [2.75, 3.05) is 0 Å². The van der Waals surface area contributed by atoms with Crippen LogP contribution in [0.5, 0.6) is 0 Å². The Morgan fingerprint density at radius 2 is 2.20 bits per heavy atom. The third-order valence-electron chi connectivity index (χ3n) is 3.20. The minimum Gasteiger partial charge on any atom is -0.385 e. The molecule has 0 unspecified atom stereocenters. The molecule has 3 N–H and O–H groups in total. The van der Waals surface area contributed by atoms with Crippen LogP contribution in [-0.2, 0) is 12.0 Å². The van der Waals surface area contributed by atoms with Gasteiger partial charge in [-0.2, -0.15) is 0 Å². The summed E-state index contributed by atoms with van der Waals surface area (Å²) in [5.74, 6) is 0. The third-order valence-corrected chi connectivity index (χ3v) is 3.20. The van der Waals surface area contributed by atoms with E-state index in [0.29, 0.717) is 12.8 Å². The predicted octanol–water partition coefficient (Wildman–Crippen LogP) is 1.95. The van der Waals surface area contributed by atoms with E-state index < -0.39 is 5.60 Å². The van der Waals surface area contributed by atoms with E-state index in [1.54, 1.807) is 0 Å². The molecule has 1 aromatic carbocycles. The average molecular weight is 205 g/mol. The Balaban J connectivity index is 2.18. The lowest BCUT2D eigenvalue weighted by Crippen LogP contribution is -2.49. The normalized spacial score (nSPS) is 29.9. The van der Waals surface area contributed by atoms with Crippen molar-refractivity contribution < 1.29 is 5.11 Å². The van der Waals surface area contributed by atoms with Crippen LogP contribution in [-0.4, -0.2) is 11.1 Å². The van der Waals surface area contributed by atoms with Gasteiger partial charge in [-0.05, 0) is 30.4 Å². The first-order valence-electron chi connectivity index (χ1n) is 5.71. The Labute approximate surface area is 91.1 Å². The van der Waals surface area contributed by atoms with Gasteiger partial charge in [-0.3, -0.25) is 0 Å². The standard InChI is InChI=1S/C13H19NO/c1-2-4-10-5-3-6-11(7-10)13(15)8-12(14)9-13/h3,5-7,12,15H,2,4,8-9,14H2,1H3. The molecule has 1 aliphatic rings. The Morgan fingerprint density at radius 1 is 1.47 bits per heavy atom. The molecule has 0 amide bonds. The molecule has 0 atom stereocenters. The number of aryl methyl sites for hydroxylation is 1. The quantitative estimate of drug-likeness (QED) is 0.792. The zero-order chi connectivity index (χ0) is 10.9. The van der Waals surface area contributed by atoms with Crippen molar-refractivity contribution in [3.63, 3.8) is 0 Å². The number of hydrogen-bond acceptors (Lipinski definition) is 2. The number of nitrogens with two attached hydrogens (primary N) is 1. The summed E-state index contributed by atoms with van der Waals surface area (Å²) in [6, 6.07) is 8.45. The fourth-order valence-corrected chi connectivity index (χ4v) is 2.35. The lowest BCUT2D eigenvalue weighted by molar-refractivity contribution is -0.0523. The summed E-state index contributed by atoms with van der Waals surface area (Å²) in [4.78, 5) is 0. The molecule has 0 radical (unpaired) electrons. The van der Waals surface area contributed by atoms with E-state index >= 15 is 0 Å². The molecule has 0 heterocycles. The molecule has 0 aliphatic heterocycles. The van der Waals surface area contributed by atoms with Crippen LogP contribution in [0, 0.1) is 0 Å². The van der Waals surface area contributed by atoms with E-state index in [2.05, 4.69) is 19.1 Å². The number of aliphatic hydroxyl groups is 1. The first-order valence-corrected chi connectivity index (χ1v) is 5.71. The van der Waals surface area contributed by atoms with Crippen LogP contribution >= 0.6 is 0 Å². The van der Waals surface area contributed by atoms with E-state index in [-0.39, 0.29) is 6.04 Å². The van der Waals surface area contributed by atoms with Gasteiger partial charge < -0.3 is 10.8 Å². The second kappa shape index (κ2) is 3.95. The summed E-state index contributed by atoms with van der Waals surface area (Å²) in [5, 5.41) is 10.3. The Kier molecular flexibility index (Phi) is 2.81. The van der Waals surface area contributed by atoms with E-state index in [4.69, 9.17) is 5.73 Å². The highest BCUT2D eigenvalue weighted by Gasteiger charge is 2.42. The van der Waals surface area contributed by atoms with Crippen molar-refractivity contribution in [3.05, 3.63) is 35.4 Å². The molecule has 1 fully saturated rings. The summed E-state index contributed by atoms with van der Waals surface area (Å²) >= 11 is 0. The molecular weight excluding hydrogens is 186 g/mol. The summed E-state index contributed by atoms with van der Waals surface area (Å²) in [6.45, 7) is 2.17. The van der Waals surface area contributed by atoms with Crippen LogP contribution in [0.3, 0.4) is 0 Å². The van der Waals surface area contributed by atoms with Crippen LogP contribution in [0.1, 0.15) is 37.3 Å². The molecule has 0 bridgehead atoms. The third kappa shape index (κ3) is 2.06. The van der Waals surface area contributed by atoms with Crippen molar-refractivity contribution in [3.8, 4) is 0 Å². The van der Waals surface area contributed by atoms with Crippen LogP contribution in [0.4, 0.5) is 0 Å². The van der Waals surface area contributed by atoms with Gasteiger partial charge in [0.2, 0.25) is 0 Å². The Hall–Kier alpha value is -0.860. The smallest absolute Gasteiger partial charge is 0.0926 e. The van der Waals surface area contributed by atoms with Crippen molar-refractivity contribution >= 4 is 0 Å². The van der Waals surface area contributed by atoms with E-state index in [1.807, 2.05) is 12.1 Å². The molecule has 0 saturated heterocycles. The Morgan fingerprint density at radius 3 is 2.80 bits per heavy atom. The maximum absolute atomic E-state index is 10.3. The molecule has 0 spiro atoms. The monoisotopic (exact) mass is 205 g/mol. The highest BCUT2D eigenvalue weighted by atomic mass is 16.3. The van der Waals surface area contributed by atoms with Crippen LogP contribution in [0.15, 0.2) is 24.3 Å². The maximum Gasteiger partial charge on any atom is 0.0926 e. The molecule has 82 valence electrons. The topological polar surface area (TPSA) is 46.2 Å². The second-order valence-electron chi connectivity index (χ2n) is 4.65. The summed E-state index contributed by atoms with van der Waals surface area (Å²) in [5.41, 5.74) is 7.42. The van der Waals surface area contributed by atoms with Gasteiger partial charge in [0.25, 0.3) is 0 Å². The van der Waals surface area contributed by atoms with Crippen molar-refractivity contribution in [2.45, 2.75) is 44.2 Å². The van der Waals surface area contributed by atoms with Crippen molar-refractivity contribution in [1.82, 2.24) is 0 Å². The lowest BCUT2D eigenvalue weighted by atomic mass is 9.71.